The van der Waals surface area contributed by atoms with E-state index in [4.69, 9.17) is 9.47 Å². The van der Waals surface area contributed by atoms with Gasteiger partial charge in [0.2, 0.25) is 0 Å². The molecule has 2 aromatic rings. The third-order valence-electron chi connectivity index (χ3n) is 4.30. The van der Waals surface area contributed by atoms with Gasteiger partial charge in [-0.05, 0) is 63.1 Å². The van der Waals surface area contributed by atoms with Crippen LogP contribution in [-0.2, 0) is 4.74 Å². The summed E-state index contributed by atoms with van der Waals surface area (Å²) in [5, 5.41) is 18.8. The number of carbonyl (C=O) groups is 1. The molecule has 0 saturated heterocycles. The molecule has 0 aliphatic heterocycles. The highest BCUT2D eigenvalue weighted by molar-refractivity contribution is 5.90. The van der Waals surface area contributed by atoms with E-state index >= 15 is 0 Å². The fourth-order valence-corrected chi connectivity index (χ4v) is 3.06. The Labute approximate surface area is 166 Å². The number of hydrogen-bond donors (Lipinski definition) is 2. The molecule has 28 heavy (non-hydrogen) atoms. The first-order valence-corrected chi connectivity index (χ1v) is 9.69. The summed E-state index contributed by atoms with van der Waals surface area (Å²) < 4.78 is 11.1. The number of aliphatic hydroxyl groups is 2. The molecule has 0 unspecified atom stereocenters. The fraction of sp³-hybridized carbons (Fsp3) is 0.435. The highest BCUT2D eigenvalue weighted by atomic mass is 16.5. The zero-order chi connectivity index (χ0) is 20.7. The Balaban J connectivity index is 1.98. The minimum Gasteiger partial charge on any atom is -0.491 e. The van der Waals surface area contributed by atoms with Crippen molar-refractivity contribution in [3.05, 3.63) is 54.1 Å². The molecule has 0 aliphatic carbocycles. The Bertz CT molecular complexity index is 735. The summed E-state index contributed by atoms with van der Waals surface area (Å²) in [6, 6.07) is 14.9. The van der Waals surface area contributed by atoms with E-state index < -0.39 is 18.2 Å². The second-order valence-electron chi connectivity index (χ2n) is 7.42. The van der Waals surface area contributed by atoms with Crippen LogP contribution in [-0.4, -0.2) is 40.6 Å². The van der Waals surface area contributed by atoms with Crippen molar-refractivity contribution in [2.75, 3.05) is 0 Å². The number of aliphatic hydroxyl groups excluding tert-OH is 2. The van der Waals surface area contributed by atoms with Gasteiger partial charge in [-0.2, -0.15) is 0 Å². The lowest BCUT2D eigenvalue weighted by molar-refractivity contribution is 0.0222. The van der Waals surface area contributed by atoms with Crippen LogP contribution in [0, 0.1) is 0 Å². The molecule has 5 heteroatoms. The topological polar surface area (TPSA) is 76.0 Å². The normalized spacial score (nSPS) is 15.4. The highest BCUT2D eigenvalue weighted by Crippen LogP contribution is 2.24. The smallest absolute Gasteiger partial charge is 0.338 e. The molecular formula is C23H30O5. The fourth-order valence-electron chi connectivity index (χ4n) is 3.06. The lowest BCUT2D eigenvalue weighted by Gasteiger charge is -2.16. The van der Waals surface area contributed by atoms with E-state index in [0.29, 0.717) is 18.4 Å². The Morgan fingerprint density at radius 2 is 1.25 bits per heavy atom. The van der Waals surface area contributed by atoms with Crippen molar-refractivity contribution in [2.45, 2.75) is 65.0 Å². The van der Waals surface area contributed by atoms with Gasteiger partial charge in [-0.25, -0.2) is 4.79 Å². The number of rotatable bonds is 9. The second-order valence-corrected chi connectivity index (χ2v) is 7.42. The van der Waals surface area contributed by atoms with Crippen LogP contribution in [0.2, 0.25) is 0 Å². The molecule has 4 atom stereocenters. The van der Waals surface area contributed by atoms with E-state index in [2.05, 4.69) is 0 Å². The molecule has 152 valence electrons. The number of hydrogen-bond acceptors (Lipinski definition) is 5. The van der Waals surface area contributed by atoms with E-state index in [1.807, 2.05) is 43.3 Å². The van der Waals surface area contributed by atoms with Crippen LogP contribution in [0.5, 0.6) is 5.75 Å². The maximum Gasteiger partial charge on any atom is 0.338 e. The summed E-state index contributed by atoms with van der Waals surface area (Å²) in [6.45, 7) is 7.12. The zero-order valence-electron chi connectivity index (χ0n) is 17.0. The summed E-state index contributed by atoms with van der Waals surface area (Å²) >= 11 is 0. The first kappa shape index (κ1) is 21.9. The molecule has 2 aromatic carbocycles. The van der Waals surface area contributed by atoms with E-state index in [1.54, 1.807) is 32.9 Å². The van der Waals surface area contributed by atoms with Crippen LogP contribution in [0.3, 0.4) is 0 Å². The monoisotopic (exact) mass is 386 g/mol. The van der Waals surface area contributed by atoms with Crippen molar-refractivity contribution in [3.63, 3.8) is 0 Å². The van der Waals surface area contributed by atoms with Crippen molar-refractivity contribution in [3.8, 4) is 16.9 Å². The first-order valence-electron chi connectivity index (χ1n) is 9.69. The molecule has 0 heterocycles. The first-order chi connectivity index (χ1) is 13.2. The number of benzene rings is 2. The summed E-state index contributed by atoms with van der Waals surface area (Å²) in [4.78, 5) is 12.2. The second kappa shape index (κ2) is 10.2. The zero-order valence-corrected chi connectivity index (χ0v) is 17.0. The number of esters is 1. The molecule has 2 rings (SSSR count). The average Bonchev–Trinajstić information content (AvgIpc) is 2.61. The highest BCUT2D eigenvalue weighted by Gasteiger charge is 2.14. The molecular weight excluding hydrogens is 356 g/mol. The molecule has 0 fully saturated rings. The van der Waals surface area contributed by atoms with Crippen LogP contribution in [0.1, 0.15) is 50.9 Å². The Morgan fingerprint density at radius 3 is 1.75 bits per heavy atom. The number of carbonyl (C=O) groups excluding carboxylic acids is 1. The van der Waals surface area contributed by atoms with Gasteiger partial charge in [0.15, 0.2) is 0 Å². The van der Waals surface area contributed by atoms with E-state index in [-0.39, 0.29) is 12.2 Å². The summed E-state index contributed by atoms with van der Waals surface area (Å²) in [7, 11) is 0. The predicted octanol–water partition coefficient (Wildman–Crippen LogP) is 4.21. The third-order valence-corrected chi connectivity index (χ3v) is 4.30. The largest absolute Gasteiger partial charge is 0.491 e. The van der Waals surface area contributed by atoms with Crippen molar-refractivity contribution in [1.29, 1.82) is 0 Å². The predicted molar refractivity (Wildman–Crippen MR) is 109 cm³/mol. The van der Waals surface area contributed by atoms with Gasteiger partial charge in [-0.15, -0.1) is 0 Å². The van der Waals surface area contributed by atoms with Crippen LogP contribution < -0.4 is 4.74 Å². The molecule has 0 radical (unpaired) electrons. The van der Waals surface area contributed by atoms with Crippen molar-refractivity contribution < 1.29 is 24.5 Å². The maximum atomic E-state index is 12.2. The lowest BCUT2D eigenvalue weighted by atomic mass is 10.0. The SMILES string of the molecule is C[C@H](O)C[C@@H](C)OC(=O)c1ccc(-c2ccc(O[C@@H](C)C[C@@H](C)O)cc2)cc1. The summed E-state index contributed by atoms with van der Waals surface area (Å²) in [5.74, 6) is 0.361. The standard InChI is InChI=1S/C23H30O5/c1-15(24)13-17(3)27-22-11-9-20(10-12-22)19-5-7-21(8-6-19)23(26)28-18(4)14-16(2)25/h5-12,15-18,24-25H,13-14H2,1-4H3/t15-,16+,17+,18-/m1/s1. The minimum absolute atomic E-state index is 0.0626. The van der Waals surface area contributed by atoms with Gasteiger partial charge < -0.3 is 19.7 Å². The average molecular weight is 386 g/mol. The number of ether oxygens (including phenoxy) is 2. The molecule has 2 N–H and O–H groups in total. The quantitative estimate of drug-likeness (QED) is 0.632. The van der Waals surface area contributed by atoms with Gasteiger partial charge >= 0.3 is 5.97 Å². The molecule has 0 saturated carbocycles. The van der Waals surface area contributed by atoms with E-state index in [1.165, 1.54) is 0 Å². The van der Waals surface area contributed by atoms with Crippen molar-refractivity contribution in [2.24, 2.45) is 0 Å². The lowest BCUT2D eigenvalue weighted by Crippen LogP contribution is -2.19. The molecule has 0 aliphatic rings. The van der Waals surface area contributed by atoms with Crippen LogP contribution in [0.15, 0.2) is 48.5 Å². The summed E-state index contributed by atoms with van der Waals surface area (Å²) in [6.07, 6.45) is -0.312. The van der Waals surface area contributed by atoms with E-state index in [0.717, 1.165) is 16.9 Å². The van der Waals surface area contributed by atoms with Gasteiger partial charge in [-0.1, -0.05) is 24.3 Å². The summed E-state index contributed by atoms with van der Waals surface area (Å²) in [5.41, 5.74) is 2.48. The maximum absolute atomic E-state index is 12.2. The molecule has 0 spiro atoms. The Kier molecular flexibility index (Phi) is 8.03. The van der Waals surface area contributed by atoms with Gasteiger partial charge in [0, 0.05) is 12.8 Å². The molecule has 0 bridgehead atoms. The van der Waals surface area contributed by atoms with Gasteiger partial charge in [0.25, 0.3) is 0 Å². The van der Waals surface area contributed by atoms with E-state index in [9.17, 15) is 15.0 Å². The Hall–Kier alpha value is -2.37. The van der Waals surface area contributed by atoms with Crippen LogP contribution in [0.25, 0.3) is 11.1 Å². The van der Waals surface area contributed by atoms with Crippen molar-refractivity contribution in [1.82, 2.24) is 0 Å². The van der Waals surface area contributed by atoms with Gasteiger partial charge in [0.05, 0.1) is 23.9 Å². The van der Waals surface area contributed by atoms with Gasteiger partial charge in [-0.3, -0.25) is 0 Å². The van der Waals surface area contributed by atoms with Crippen LogP contribution >= 0.6 is 0 Å². The minimum atomic E-state index is -0.507. The molecule has 5 nitrogen and oxygen atoms in total. The molecule has 0 amide bonds. The third kappa shape index (κ3) is 6.98. The van der Waals surface area contributed by atoms with Crippen LogP contribution in [0.4, 0.5) is 0 Å². The van der Waals surface area contributed by atoms with Crippen molar-refractivity contribution >= 4 is 5.97 Å². The molecule has 0 aromatic heterocycles. The Morgan fingerprint density at radius 1 is 0.786 bits per heavy atom. The van der Waals surface area contributed by atoms with Gasteiger partial charge in [0.1, 0.15) is 11.9 Å².